The molecule has 0 fully saturated rings. The Morgan fingerprint density at radius 2 is 1.50 bits per heavy atom. The molecule has 18 heavy (non-hydrogen) atoms. The van der Waals surface area contributed by atoms with Crippen molar-refractivity contribution >= 4 is 0 Å². The zero-order valence-corrected chi connectivity index (χ0v) is 10.0. The highest BCUT2D eigenvalue weighted by Crippen LogP contribution is 2.21. The lowest BCUT2D eigenvalue weighted by molar-refractivity contribution is 0.154. The molecule has 0 spiro atoms. The Labute approximate surface area is 107 Å². The Hall–Kier alpha value is -2.30. The Balaban J connectivity index is 2.36. The second-order valence-corrected chi connectivity index (χ2v) is 3.95. The van der Waals surface area contributed by atoms with Crippen LogP contribution in [0, 0.1) is 11.8 Å². The first-order valence-electron chi connectivity index (χ1n) is 5.74. The van der Waals surface area contributed by atoms with E-state index in [0.717, 1.165) is 11.1 Å². The summed E-state index contributed by atoms with van der Waals surface area (Å²) in [7, 11) is 0. The SMILES string of the molecule is C=CC(O)(C#Cc1ccccc1)c1ccccc1. The maximum Gasteiger partial charge on any atom is 0.169 e. The second kappa shape index (κ2) is 5.35. The van der Waals surface area contributed by atoms with Gasteiger partial charge in [0.2, 0.25) is 0 Å². The first-order valence-corrected chi connectivity index (χ1v) is 5.74. The van der Waals surface area contributed by atoms with E-state index in [1.807, 2.05) is 60.7 Å². The largest absolute Gasteiger partial charge is 0.370 e. The summed E-state index contributed by atoms with van der Waals surface area (Å²) in [6.07, 6.45) is 1.46. The van der Waals surface area contributed by atoms with Crippen molar-refractivity contribution < 1.29 is 5.11 Å². The molecule has 1 unspecified atom stereocenters. The van der Waals surface area contributed by atoms with Crippen molar-refractivity contribution in [3.63, 3.8) is 0 Å². The number of hydrogen-bond donors (Lipinski definition) is 1. The van der Waals surface area contributed by atoms with E-state index in [1.165, 1.54) is 6.08 Å². The van der Waals surface area contributed by atoms with Gasteiger partial charge in [-0.15, -0.1) is 0 Å². The van der Waals surface area contributed by atoms with Gasteiger partial charge in [-0.1, -0.05) is 67.0 Å². The van der Waals surface area contributed by atoms with Gasteiger partial charge in [0.05, 0.1) is 0 Å². The van der Waals surface area contributed by atoms with Crippen molar-refractivity contribution in [3.8, 4) is 11.8 Å². The van der Waals surface area contributed by atoms with Gasteiger partial charge in [0.15, 0.2) is 5.60 Å². The van der Waals surface area contributed by atoms with Gasteiger partial charge in [0, 0.05) is 5.56 Å². The molecule has 0 saturated carbocycles. The topological polar surface area (TPSA) is 20.2 Å². The average Bonchev–Trinajstić information content (AvgIpc) is 2.47. The van der Waals surface area contributed by atoms with Crippen LogP contribution < -0.4 is 0 Å². The normalized spacial score (nSPS) is 12.9. The molecule has 0 aromatic heterocycles. The summed E-state index contributed by atoms with van der Waals surface area (Å²) < 4.78 is 0. The molecule has 0 aliphatic heterocycles. The van der Waals surface area contributed by atoms with Crippen LogP contribution in [0.4, 0.5) is 0 Å². The Morgan fingerprint density at radius 3 is 2.06 bits per heavy atom. The van der Waals surface area contributed by atoms with Crippen LogP contribution in [-0.4, -0.2) is 5.11 Å². The van der Waals surface area contributed by atoms with E-state index in [4.69, 9.17) is 0 Å². The average molecular weight is 234 g/mol. The summed E-state index contributed by atoms with van der Waals surface area (Å²) >= 11 is 0. The van der Waals surface area contributed by atoms with Crippen LogP contribution in [0.1, 0.15) is 11.1 Å². The minimum Gasteiger partial charge on any atom is -0.370 e. The van der Waals surface area contributed by atoms with Crippen LogP contribution in [0.15, 0.2) is 73.3 Å². The standard InChI is InChI=1S/C17H14O/c1-2-17(18,16-11-7-4-8-12-16)14-13-15-9-5-3-6-10-15/h2-12,18H,1H2. The fourth-order valence-corrected chi connectivity index (χ4v) is 1.62. The maximum atomic E-state index is 10.5. The van der Waals surface area contributed by atoms with E-state index in [0.29, 0.717) is 0 Å². The molecule has 0 amide bonds. The first-order chi connectivity index (χ1) is 8.74. The van der Waals surface area contributed by atoms with Gasteiger partial charge in [-0.25, -0.2) is 0 Å². The van der Waals surface area contributed by atoms with Crippen molar-refractivity contribution in [1.82, 2.24) is 0 Å². The van der Waals surface area contributed by atoms with Crippen LogP contribution in [0.25, 0.3) is 0 Å². The molecule has 0 heterocycles. The molecule has 0 saturated heterocycles. The quantitative estimate of drug-likeness (QED) is 0.625. The van der Waals surface area contributed by atoms with Gasteiger partial charge in [0.25, 0.3) is 0 Å². The van der Waals surface area contributed by atoms with Crippen molar-refractivity contribution in [1.29, 1.82) is 0 Å². The van der Waals surface area contributed by atoms with Crippen molar-refractivity contribution in [2.24, 2.45) is 0 Å². The molecule has 2 aromatic carbocycles. The maximum absolute atomic E-state index is 10.5. The third-order valence-corrected chi connectivity index (χ3v) is 2.68. The first kappa shape index (κ1) is 12.2. The van der Waals surface area contributed by atoms with Crippen LogP contribution in [-0.2, 0) is 5.60 Å². The monoisotopic (exact) mass is 234 g/mol. The van der Waals surface area contributed by atoms with Gasteiger partial charge in [-0.2, -0.15) is 0 Å². The minimum absolute atomic E-state index is 0.725. The van der Waals surface area contributed by atoms with E-state index in [9.17, 15) is 5.11 Å². The van der Waals surface area contributed by atoms with Crippen LogP contribution >= 0.6 is 0 Å². The van der Waals surface area contributed by atoms with Crippen LogP contribution in [0.5, 0.6) is 0 Å². The van der Waals surface area contributed by atoms with E-state index >= 15 is 0 Å². The van der Waals surface area contributed by atoms with Gasteiger partial charge in [0.1, 0.15) is 0 Å². The van der Waals surface area contributed by atoms with E-state index < -0.39 is 5.60 Å². The van der Waals surface area contributed by atoms with E-state index in [1.54, 1.807) is 0 Å². The number of hydrogen-bond acceptors (Lipinski definition) is 1. The van der Waals surface area contributed by atoms with Crippen molar-refractivity contribution in [2.75, 3.05) is 0 Å². The molecule has 0 bridgehead atoms. The second-order valence-electron chi connectivity index (χ2n) is 3.95. The highest BCUT2D eigenvalue weighted by Gasteiger charge is 2.21. The highest BCUT2D eigenvalue weighted by molar-refractivity contribution is 5.42. The summed E-state index contributed by atoms with van der Waals surface area (Å²) in [6.45, 7) is 3.67. The molecule has 88 valence electrons. The van der Waals surface area contributed by atoms with Crippen molar-refractivity contribution in [3.05, 3.63) is 84.4 Å². The summed E-state index contributed by atoms with van der Waals surface area (Å²) in [5.41, 5.74) is 0.286. The van der Waals surface area contributed by atoms with Crippen LogP contribution in [0.3, 0.4) is 0 Å². The molecule has 1 atom stereocenters. The molecule has 0 aliphatic rings. The van der Waals surface area contributed by atoms with Gasteiger partial charge in [-0.05, 0) is 23.8 Å². The van der Waals surface area contributed by atoms with Gasteiger partial charge in [-0.3, -0.25) is 0 Å². The lowest BCUT2D eigenvalue weighted by Gasteiger charge is -2.17. The lowest BCUT2D eigenvalue weighted by Crippen LogP contribution is -2.19. The fraction of sp³-hybridized carbons (Fsp3) is 0.0588. The predicted molar refractivity (Wildman–Crippen MR) is 73.9 cm³/mol. The number of rotatable bonds is 2. The van der Waals surface area contributed by atoms with E-state index in [2.05, 4.69) is 18.4 Å². The summed E-state index contributed by atoms with van der Waals surface area (Å²) in [4.78, 5) is 0. The van der Waals surface area contributed by atoms with Crippen LogP contribution in [0.2, 0.25) is 0 Å². The van der Waals surface area contributed by atoms with Crippen molar-refractivity contribution in [2.45, 2.75) is 5.60 Å². The Kier molecular flexibility index (Phi) is 3.62. The predicted octanol–water partition coefficient (Wildman–Crippen LogP) is 3.11. The Morgan fingerprint density at radius 1 is 0.944 bits per heavy atom. The third kappa shape index (κ3) is 2.68. The molecule has 2 aromatic rings. The zero-order valence-electron chi connectivity index (χ0n) is 10.0. The third-order valence-electron chi connectivity index (χ3n) is 2.68. The number of aliphatic hydroxyl groups is 1. The van der Waals surface area contributed by atoms with E-state index in [-0.39, 0.29) is 0 Å². The molecule has 0 radical (unpaired) electrons. The molecular weight excluding hydrogens is 220 g/mol. The number of benzene rings is 2. The summed E-state index contributed by atoms with van der Waals surface area (Å²) in [5, 5.41) is 10.5. The molecule has 0 aliphatic carbocycles. The smallest absolute Gasteiger partial charge is 0.169 e. The zero-order chi connectivity index (χ0) is 12.8. The molecule has 1 heteroatoms. The summed E-state index contributed by atoms with van der Waals surface area (Å²) in [6, 6.07) is 18.9. The highest BCUT2D eigenvalue weighted by atomic mass is 16.3. The van der Waals surface area contributed by atoms with Gasteiger partial charge >= 0.3 is 0 Å². The molecule has 2 rings (SSSR count). The minimum atomic E-state index is -1.31. The summed E-state index contributed by atoms with van der Waals surface area (Å²) in [5.74, 6) is 5.83. The lowest BCUT2D eigenvalue weighted by atomic mass is 9.94. The molecule has 1 nitrogen and oxygen atoms in total. The Bertz CT molecular complexity index is 575. The molecule has 1 N–H and O–H groups in total. The molecular formula is C17H14O. The fourth-order valence-electron chi connectivity index (χ4n) is 1.62. The van der Waals surface area contributed by atoms with Gasteiger partial charge < -0.3 is 5.11 Å².